The summed E-state index contributed by atoms with van der Waals surface area (Å²) >= 11 is 0. The van der Waals surface area contributed by atoms with Gasteiger partial charge in [0.2, 0.25) is 0 Å². The highest BCUT2D eigenvalue weighted by Crippen LogP contribution is 2.14. The summed E-state index contributed by atoms with van der Waals surface area (Å²) in [6, 6.07) is 14.5. The summed E-state index contributed by atoms with van der Waals surface area (Å²) < 4.78 is 7.04. The Morgan fingerprint density at radius 2 is 1.87 bits per heavy atom. The number of carbonyl (C=O) groups is 1. The molecule has 1 N–H and O–H groups in total. The maximum Gasteiger partial charge on any atom is 0.292 e. The maximum absolute atomic E-state index is 12.7. The standard InChI is InChI=1S/C24H28N4O3/c1-4-14-28-24(30)21-8-6-5-7-20(21)22(27-28)23(29)26-25-16-18-9-11-19(12-10-18)31-15-13-17(2)3/h5-12,16-17H,4,13-15H2,1-3H3,(H,26,29)/b25-16+. The molecule has 0 aliphatic rings. The minimum atomic E-state index is -0.467. The zero-order chi connectivity index (χ0) is 22.2. The van der Waals surface area contributed by atoms with E-state index in [1.165, 1.54) is 4.68 Å². The number of aromatic nitrogens is 2. The lowest BCUT2D eigenvalue weighted by Crippen LogP contribution is -2.29. The van der Waals surface area contributed by atoms with E-state index in [1.54, 1.807) is 30.5 Å². The fraction of sp³-hybridized carbons (Fsp3) is 0.333. The van der Waals surface area contributed by atoms with Crippen LogP contribution in [-0.4, -0.2) is 28.5 Å². The molecule has 1 aromatic heterocycles. The van der Waals surface area contributed by atoms with Crippen LogP contribution in [0.1, 0.15) is 49.7 Å². The molecule has 7 heteroatoms. The molecular formula is C24H28N4O3. The number of aryl methyl sites for hydroxylation is 1. The second-order valence-corrected chi connectivity index (χ2v) is 7.72. The summed E-state index contributed by atoms with van der Waals surface area (Å²) in [4.78, 5) is 25.3. The molecule has 3 rings (SSSR count). The molecule has 0 radical (unpaired) electrons. The fourth-order valence-electron chi connectivity index (χ4n) is 3.05. The van der Waals surface area contributed by atoms with Gasteiger partial charge in [0.05, 0.1) is 18.2 Å². The molecule has 1 heterocycles. The van der Waals surface area contributed by atoms with E-state index < -0.39 is 5.91 Å². The average molecular weight is 421 g/mol. The maximum atomic E-state index is 12.7. The lowest BCUT2D eigenvalue weighted by molar-refractivity contribution is 0.0949. The van der Waals surface area contributed by atoms with Gasteiger partial charge in [-0.25, -0.2) is 10.1 Å². The Bertz CT molecular complexity index is 1120. The first-order chi connectivity index (χ1) is 15.0. The third kappa shape index (κ3) is 5.78. The van der Waals surface area contributed by atoms with Crippen molar-refractivity contribution in [2.24, 2.45) is 11.0 Å². The number of hydrogen-bond acceptors (Lipinski definition) is 5. The molecule has 0 bridgehead atoms. The van der Waals surface area contributed by atoms with Crippen molar-refractivity contribution in [3.05, 3.63) is 70.1 Å². The highest BCUT2D eigenvalue weighted by atomic mass is 16.5. The molecule has 2 aromatic carbocycles. The third-order valence-corrected chi connectivity index (χ3v) is 4.74. The predicted octanol–water partition coefficient (Wildman–Crippen LogP) is 4.00. The summed E-state index contributed by atoms with van der Waals surface area (Å²) in [5.41, 5.74) is 3.31. The molecule has 0 unspecified atom stereocenters. The van der Waals surface area contributed by atoms with Gasteiger partial charge in [-0.3, -0.25) is 9.59 Å². The van der Waals surface area contributed by atoms with E-state index in [1.807, 2.05) is 31.2 Å². The zero-order valence-electron chi connectivity index (χ0n) is 18.2. The number of nitrogens with zero attached hydrogens (tertiary/aromatic N) is 3. The number of carbonyl (C=O) groups excluding carboxylic acids is 1. The fourth-order valence-corrected chi connectivity index (χ4v) is 3.05. The topological polar surface area (TPSA) is 85.6 Å². The van der Waals surface area contributed by atoms with Gasteiger partial charge >= 0.3 is 0 Å². The van der Waals surface area contributed by atoms with Crippen LogP contribution in [0, 0.1) is 5.92 Å². The third-order valence-electron chi connectivity index (χ3n) is 4.74. The highest BCUT2D eigenvalue weighted by molar-refractivity contribution is 6.04. The zero-order valence-corrected chi connectivity index (χ0v) is 18.2. The van der Waals surface area contributed by atoms with Crippen LogP contribution in [0.2, 0.25) is 0 Å². The molecule has 0 fully saturated rings. The molecule has 0 saturated carbocycles. The number of hydrazone groups is 1. The summed E-state index contributed by atoms with van der Waals surface area (Å²) in [5.74, 6) is 0.935. The lowest BCUT2D eigenvalue weighted by atomic mass is 10.1. The van der Waals surface area contributed by atoms with Gasteiger partial charge in [-0.05, 0) is 54.7 Å². The van der Waals surface area contributed by atoms with E-state index in [0.717, 1.165) is 24.2 Å². The van der Waals surface area contributed by atoms with Crippen molar-refractivity contribution >= 4 is 22.9 Å². The smallest absolute Gasteiger partial charge is 0.292 e. The monoisotopic (exact) mass is 420 g/mol. The van der Waals surface area contributed by atoms with Crippen LogP contribution in [0.3, 0.4) is 0 Å². The van der Waals surface area contributed by atoms with Crippen LogP contribution in [0.25, 0.3) is 10.8 Å². The second-order valence-electron chi connectivity index (χ2n) is 7.72. The van der Waals surface area contributed by atoms with E-state index in [2.05, 4.69) is 29.5 Å². The first kappa shape index (κ1) is 22.2. The number of hydrogen-bond donors (Lipinski definition) is 1. The van der Waals surface area contributed by atoms with Gasteiger partial charge in [0.25, 0.3) is 11.5 Å². The Morgan fingerprint density at radius 1 is 1.16 bits per heavy atom. The van der Waals surface area contributed by atoms with Crippen molar-refractivity contribution in [2.75, 3.05) is 6.61 Å². The molecule has 0 aliphatic heterocycles. The van der Waals surface area contributed by atoms with Crippen molar-refractivity contribution in [3.8, 4) is 5.75 Å². The van der Waals surface area contributed by atoms with Crippen molar-refractivity contribution < 1.29 is 9.53 Å². The molecule has 7 nitrogen and oxygen atoms in total. The van der Waals surface area contributed by atoms with Crippen LogP contribution in [0.15, 0.2) is 58.4 Å². The van der Waals surface area contributed by atoms with Crippen LogP contribution >= 0.6 is 0 Å². The van der Waals surface area contributed by atoms with Crippen LogP contribution in [-0.2, 0) is 6.54 Å². The molecule has 1 amide bonds. The van der Waals surface area contributed by atoms with E-state index in [9.17, 15) is 9.59 Å². The van der Waals surface area contributed by atoms with Gasteiger partial charge in [0.1, 0.15) is 5.75 Å². The van der Waals surface area contributed by atoms with E-state index in [0.29, 0.717) is 29.8 Å². The van der Waals surface area contributed by atoms with Crippen LogP contribution in [0.5, 0.6) is 5.75 Å². The largest absolute Gasteiger partial charge is 0.494 e. The summed E-state index contributed by atoms with van der Waals surface area (Å²) in [6.07, 6.45) is 3.30. The SMILES string of the molecule is CCCn1nc(C(=O)N/N=C/c2ccc(OCCC(C)C)cc2)c2ccccc2c1=O. The van der Waals surface area contributed by atoms with Crippen molar-refractivity contribution in [1.29, 1.82) is 0 Å². The second kappa shape index (κ2) is 10.5. The molecule has 0 spiro atoms. The van der Waals surface area contributed by atoms with Crippen LogP contribution in [0.4, 0.5) is 0 Å². The van der Waals surface area contributed by atoms with Crippen molar-refractivity contribution in [1.82, 2.24) is 15.2 Å². The summed E-state index contributed by atoms with van der Waals surface area (Å²) in [7, 11) is 0. The first-order valence-electron chi connectivity index (χ1n) is 10.6. The van der Waals surface area contributed by atoms with Gasteiger partial charge in [-0.2, -0.15) is 10.2 Å². The Balaban J connectivity index is 1.71. The number of fused-ring (bicyclic) bond motifs is 1. The lowest BCUT2D eigenvalue weighted by Gasteiger charge is -2.09. The number of rotatable bonds is 9. The van der Waals surface area contributed by atoms with E-state index >= 15 is 0 Å². The molecule has 0 saturated heterocycles. The Labute approximate surface area is 181 Å². The van der Waals surface area contributed by atoms with Gasteiger partial charge < -0.3 is 4.74 Å². The van der Waals surface area contributed by atoms with Crippen molar-refractivity contribution in [2.45, 2.75) is 40.2 Å². The average Bonchev–Trinajstić information content (AvgIpc) is 2.76. The van der Waals surface area contributed by atoms with E-state index in [-0.39, 0.29) is 11.3 Å². The number of amides is 1. The summed E-state index contributed by atoms with van der Waals surface area (Å²) in [6.45, 7) is 7.40. The van der Waals surface area contributed by atoms with Gasteiger partial charge in [0.15, 0.2) is 5.69 Å². The minimum absolute atomic E-state index is 0.176. The van der Waals surface area contributed by atoms with Crippen molar-refractivity contribution in [3.63, 3.8) is 0 Å². The number of ether oxygens (including phenoxy) is 1. The highest BCUT2D eigenvalue weighted by Gasteiger charge is 2.16. The van der Waals surface area contributed by atoms with E-state index in [4.69, 9.17) is 4.74 Å². The number of nitrogens with one attached hydrogen (secondary N) is 1. The van der Waals surface area contributed by atoms with Gasteiger partial charge in [-0.1, -0.05) is 39.0 Å². The predicted molar refractivity (Wildman–Crippen MR) is 123 cm³/mol. The molecular weight excluding hydrogens is 392 g/mol. The molecule has 31 heavy (non-hydrogen) atoms. The Kier molecular flexibility index (Phi) is 7.54. The first-order valence-corrected chi connectivity index (χ1v) is 10.6. The molecule has 3 aromatic rings. The van der Waals surface area contributed by atoms with Gasteiger partial charge in [0, 0.05) is 11.9 Å². The Hall–Kier alpha value is -3.48. The van der Waals surface area contributed by atoms with Gasteiger partial charge in [-0.15, -0.1) is 0 Å². The molecule has 0 atom stereocenters. The molecule has 162 valence electrons. The van der Waals surface area contributed by atoms with Crippen LogP contribution < -0.4 is 15.7 Å². The molecule has 0 aliphatic carbocycles. The summed E-state index contributed by atoms with van der Waals surface area (Å²) in [5, 5.41) is 9.29. The minimum Gasteiger partial charge on any atom is -0.494 e. The Morgan fingerprint density at radius 3 is 2.55 bits per heavy atom. The number of benzene rings is 2. The quantitative estimate of drug-likeness (QED) is 0.419. The normalized spacial score (nSPS) is 11.4.